The zero-order valence-electron chi connectivity index (χ0n) is 8.56. The normalized spacial score (nSPS) is 18.8. The third-order valence-electron chi connectivity index (χ3n) is 2.96. The van der Waals surface area contributed by atoms with Gasteiger partial charge < -0.3 is 0 Å². The highest BCUT2D eigenvalue weighted by Gasteiger charge is 2.22. The Morgan fingerprint density at radius 1 is 0.800 bits per heavy atom. The Hall–Kier alpha value is -1.13. The molecule has 0 nitrogen and oxygen atoms in total. The van der Waals surface area contributed by atoms with Crippen LogP contribution in [0.3, 0.4) is 0 Å². The molecule has 1 heteroatoms. The largest absolute Gasteiger partial charge is 0.0622 e. The van der Waals surface area contributed by atoms with Crippen LogP contribution in [0.25, 0.3) is 0 Å². The minimum Gasteiger partial charge on any atom is -0.0622 e. The van der Waals surface area contributed by atoms with Crippen molar-refractivity contribution in [2.24, 2.45) is 0 Å². The van der Waals surface area contributed by atoms with Gasteiger partial charge in [0.25, 0.3) is 0 Å². The van der Waals surface area contributed by atoms with E-state index in [2.05, 4.69) is 54.6 Å². The van der Waals surface area contributed by atoms with Gasteiger partial charge in [0.15, 0.2) is 0 Å². The van der Waals surface area contributed by atoms with Gasteiger partial charge in [0, 0.05) is 0 Å². The maximum Gasteiger partial charge on any atom is -0.0163 e. The van der Waals surface area contributed by atoms with Gasteiger partial charge >= 0.3 is 0 Å². The van der Waals surface area contributed by atoms with E-state index < -0.39 is 0 Å². The monoisotopic (exact) mass is 212 g/mol. The molecule has 1 atom stereocenters. The second-order valence-electron chi connectivity index (χ2n) is 3.87. The third kappa shape index (κ3) is 1.60. The Balaban J connectivity index is 2.05. The first-order valence-electron chi connectivity index (χ1n) is 5.36. The van der Waals surface area contributed by atoms with Gasteiger partial charge in [0.1, 0.15) is 0 Å². The molecule has 2 aromatic rings. The zero-order chi connectivity index (χ0) is 10.1. The summed E-state index contributed by atoms with van der Waals surface area (Å²) in [5.41, 5.74) is 1.56. The molecule has 1 aliphatic heterocycles. The van der Waals surface area contributed by atoms with E-state index >= 15 is 0 Å². The minimum absolute atomic E-state index is 0.0561. The third-order valence-corrected chi connectivity index (χ3v) is 5.57. The lowest BCUT2D eigenvalue weighted by Gasteiger charge is -2.11. The highest BCUT2D eigenvalue weighted by molar-refractivity contribution is 7.73. The summed E-state index contributed by atoms with van der Waals surface area (Å²) in [7, 11) is -0.0561. The Bertz CT molecular complexity index is 462. The summed E-state index contributed by atoms with van der Waals surface area (Å²) in [6.07, 6.45) is 2.59. The van der Waals surface area contributed by atoms with Gasteiger partial charge in [-0.1, -0.05) is 54.6 Å². The first-order valence-corrected chi connectivity index (χ1v) is 6.88. The molecule has 0 bridgehead atoms. The summed E-state index contributed by atoms with van der Waals surface area (Å²) < 4.78 is 0. The zero-order valence-corrected chi connectivity index (χ0v) is 9.45. The van der Waals surface area contributed by atoms with Crippen LogP contribution in [0.2, 0.25) is 0 Å². The lowest BCUT2D eigenvalue weighted by Crippen LogP contribution is -2.09. The lowest BCUT2D eigenvalue weighted by molar-refractivity contribution is 1.20. The fourth-order valence-corrected chi connectivity index (χ4v) is 4.79. The topological polar surface area (TPSA) is 0 Å². The summed E-state index contributed by atoms with van der Waals surface area (Å²) >= 11 is 0. The fourth-order valence-electron chi connectivity index (χ4n) is 2.21. The quantitative estimate of drug-likeness (QED) is 0.637. The van der Waals surface area contributed by atoms with Crippen molar-refractivity contribution in [1.82, 2.24) is 0 Å². The predicted molar refractivity (Wildman–Crippen MR) is 67.6 cm³/mol. The van der Waals surface area contributed by atoms with Gasteiger partial charge in [-0.05, 0) is 36.7 Å². The van der Waals surface area contributed by atoms with Crippen molar-refractivity contribution in [3.63, 3.8) is 0 Å². The molecule has 1 aliphatic rings. The van der Waals surface area contributed by atoms with E-state index in [9.17, 15) is 0 Å². The number of rotatable bonds is 1. The van der Waals surface area contributed by atoms with Crippen LogP contribution < -0.4 is 10.6 Å². The molecular formula is C14H13P. The Morgan fingerprint density at radius 2 is 1.53 bits per heavy atom. The van der Waals surface area contributed by atoms with Crippen LogP contribution in [0.1, 0.15) is 5.56 Å². The molecule has 0 saturated heterocycles. The molecule has 0 saturated carbocycles. The van der Waals surface area contributed by atoms with E-state index in [4.69, 9.17) is 0 Å². The van der Waals surface area contributed by atoms with Crippen molar-refractivity contribution in [1.29, 1.82) is 0 Å². The van der Waals surface area contributed by atoms with Gasteiger partial charge in [-0.25, -0.2) is 0 Å². The molecule has 0 radical (unpaired) electrons. The van der Waals surface area contributed by atoms with E-state index in [1.807, 2.05) is 0 Å². The number of fused-ring (bicyclic) bond motifs is 1. The summed E-state index contributed by atoms with van der Waals surface area (Å²) in [4.78, 5) is 0. The molecule has 0 amide bonds. The van der Waals surface area contributed by atoms with Crippen LogP contribution in [0.15, 0.2) is 54.6 Å². The van der Waals surface area contributed by atoms with Crippen molar-refractivity contribution >= 4 is 18.5 Å². The molecule has 1 unspecified atom stereocenters. The van der Waals surface area contributed by atoms with Gasteiger partial charge in [-0.2, -0.15) is 0 Å². The Morgan fingerprint density at radius 3 is 2.40 bits per heavy atom. The molecule has 15 heavy (non-hydrogen) atoms. The Labute approximate surface area is 91.7 Å². The van der Waals surface area contributed by atoms with E-state index in [1.165, 1.54) is 17.9 Å². The summed E-state index contributed by atoms with van der Waals surface area (Å²) in [5, 5.41) is 3.12. The van der Waals surface area contributed by atoms with Crippen LogP contribution in [-0.4, -0.2) is 6.16 Å². The minimum atomic E-state index is -0.0561. The number of hydrogen-bond acceptors (Lipinski definition) is 0. The van der Waals surface area contributed by atoms with Crippen molar-refractivity contribution < 1.29 is 0 Å². The first kappa shape index (κ1) is 9.12. The maximum atomic E-state index is 2.31. The number of benzene rings is 2. The van der Waals surface area contributed by atoms with Gasteiger partial charge in [-0.3, -0.25) is 0 Å². The molecule has 0 aromatic heterocycles. The van der Waals surface area contributed by atoms with E-state index in [1.54, 1.807) is 10.9 Å². The second-order valence-corrected chi connectivity index (χ2v) is 6.17. The van der Waals surface area contributed by atoms with E-state index in [-0.39, 0.29) is 7.92 Å². The van der Waals surface area contributed by atoms with Crippen molar-refractivity contribution in [2.75, 3.05) is 6.16 Å². The summed E-state index contributed by atoms with van der Waals surface area (Å²) in [5.74, 6) is 0. The van der Waals surface area contributed by atoms with Gasteiger partial charge in [0.05, 0.1) is 0 Å². The van der Waals surface area contributed by atoms with Crippen LogP contribution in [0.4, 0.5) is 0 Å². The number of aryl methyl sites for hydroxylation is 1. The van der Waals surface area contributed by atoms with Crippen LogP contribution in [0.5, 0.6) is 0 Å². The SMILES string of the molecule is c1ccc(P2CCc3ccccc32)cc1. The van der Waals surface area contributed by atoms with Crippen molar-refractivity contribution in [2.45, 2.75) is 6.42 Å². The summed E-state index contributed by atoms with van der Waals surface area (Å²) in [6.45, 7) is 0. The number of hydrogen-bond donors (Lipinski definition) is 0. The van der Waals surface area contributed by atoms with Crippen LogP contribution >= 0.6 is 7.92 Å². The van der Waals surface area contributed by atoms with E-state index in [0.717, 1.165) is 0 Å². The first-order chi connectivity index (χ1) is 7.45. The van der Waals surface area contributed by atoms with Crippen LogP contribution in [-0.2, 0) is 6.42 Å². The average Bonchev–Trinajstić information content (AvgIpc) is 2.74. The Kier molecular flexibility index (Phi) is 2.31. The van der Waals surface area contributed by atoms with Crippen LogP contribution in [0, 0.1) is 0 Å². The van der Waals surface area contributed by atoms with Crippen molar-refractivity contribution in [3.8, 4) is 0 Å². The summed E-state index contributed by atoms with van der Waals surface area (Å²) in [6, 6.07) is 19.9. The van der Waals surface area contributed by atoms with Crippen molar-refractivity contribution in [3.05, 3.63) is 60.2 Å². The standard InChI is InChI=1S/C14H13P/c1-2-7-13(8-3-1)15-11-10-12-6-4-5-9-14(12)15/h1-9H,10-11H2. The molecule has 0 N–H and O–H groups in total. The molecular weight excluding hydrogens is 199 g/mol. The highest BCUT2D eigenvalue weighted by Crippen LogP contribution is 2.40. The predicted octanol–water partition coefficient (Wildman–Crippen LogP) is 2.68. The highest BCUT2D eigenvalue weighted by atomic mass is 31.1. The molecule has 74 valence electrons. The molecule has 0 fully saturated rings. The van der Waals surface area contributed by atoms with E-state index in [0.29, 0.717) is 0 Å². The maximum absolute atomic E-state index is 2.31. The van der Waals surface area contributed by atoms with Gasteiger partial charge in [0.2, 0.25) is 0 Å². The lowest BCUT2D eigenvalue weighted by atomic mass is 10.2. The molecule has 1 heterocycles. The average molecular weight is 212 g/mol. The second kappa shape index (κ2) is 3.79. The molecule has 2 aromatic carbocycles. The molecule has 0 spiro atoms. The smallest absolute Gasteiger partial charge is 0.0163 e. The van der Waals surface area contributed by atoms with Gasteiger partial charge in [-0.15, -0.1) is 0 Å². The molecule has 3 rings (SSSR count). The molecule has 0 aliphatic carbocycles. The fraction of sp³-hybridized carbons (Fsp3) is 0.143.